The number of ether oxygens (including phenoxy) is 1. The molecule has 2 N–H and O–H groups in total. The summed E-state index contributed by atoms with van der Waals surface area (Å²) < 4.78 is 5.37. The van der Waals surface area contributed by atoms with Crippen molar-refractivity contribution in [3.05, 3.63) is 59.2 Å². The van der Waals surface area contributed by atoms with E-state index in [0.29, 0.717) is 17.0 Å². The van der Waals surface area contributed by atoms with Crippen molar-refractivity contribution in [1.82, 2.24) is 10.9 Å². The number of anilines is 1. The Morgan fingerprint density at radius 1 is 1.11 bits per heavy atom. The van der Waals surface area contributed by atoms with E-state index >= 15 is 0 Å². The van der Waals surface area contributed by atoms with E-state index in [4.69, 9.17) is 4.74 Å². The minimum Gasteiger partial charge on any atom is -0.482 e. The average Bonchev–Trinajstić information content (AvgIpc) is 2.65. The van der Waals surface area contributed by atoms with Gasteiger partial charge in [-0.15, -0.1) is 0 Å². The van der Waals surface area contributed by atoms with Crippen LogP contribution in [0.2, 0.25) is 0 Å². The number of para-hydroxylation sites is 2. The fraction of sp³-hybridized carbons (Fsp3) is 0.250. The molecule has 0 radical (unpaired) electrons. The van der Waals surface area contributed by atoms with Gasteiger partial charge in [-0.05, 0) is 37.6 Å². The predicted molar refractivity (Wildman–Crippen MR) is 100 cm³/mol. The molecule has 0 atom stereocenters. The van der Waals surface area contributed by atoms with Crippen molar-refractivity contribution >= 4 is 23.4 Å². The third-order valence-electron chi connectivity index (χ3n) is 4.31. The molecule has 1 aliphatic heterocycles. The molecule has 2 aromatic rings. The molecule has 0 aliphatic carbocycles. The van der Waals surface area contributed by atoms with E-state index in [1.54, 1.807) is 24.3 Å². The highest BCUT2D eigenvalue weighted by molar-refractivity contribution is 5.99. The first kappa shape index (κ1) is 18.4. The zero-order chi connectivity index (χ0) is 19.4. The molecule has 0 bridgehead atoms. The number of aryl methyl sites for hydroxylation is 2. The second-order valence-corrected chi connectivity index (χ2v) is 6.37. The van der Waals surface area contributed by atoms with E-state index in [9.17, 15) is 14.4 Å². The molecule has 0 saturated heterocycles. The molecule has 1 heterocycles. The highest BCUT2D eigenvalue weighted by atomic mass is 16.5. The summed E-state index contributed by atoms with van der Waals surface area (Å²) in [6, 6.07) is 12.6. The minimum absolute atomic E-state index is 0.0488. The normalized spacial score (nSPS) is 12.8. The van der Waals surface area contributed by atoms with Crippen molar-refractivity contribution < 1.29 is 19.1 Å². The number of fused-ring (bicyclic) bond motifs is 1. The van der Waals surface area contributed by atoms with Gasteiger partial charge in [0.2, 0.25) is 5.91 Å². The quantitative estimate of drug-likeness (QED) is 0.808. The zero-order valence-corrected chi connectivity index (χ0v) is 15.2. The Morgan fingerprint density at radius 3 is 2.67 bits per heavy atom. The van der Waals surface area contributed by atoms with Gasteiger partial charge in [0.15, 0.2) is 6.61 Å². The average molecular weight is 367 g/mol. The SMILES string of the molecule is Cc1ccc(C(=O)NNC(=O)CCN2C(=O)COc3ccccc32)c(C)c1. The van der Waals surface area contributed by atoms with Crippen LogP contribution in [0.15, 0.2) is 42.5 Å². The lowest BCUT2D eigenvalue weighted by Gasteiger charge is -2.29. The maximum Gasteiger partial charge on any atom is 0.269 e. The summed E-state index contributed by atoms with van der Waals surface area (Å²) in [6.07, 6.45) is 0.0488. The van der Waals surface area contributed by atoms with Crippen molar-refractivity contribution in [2.45, 2.75) is 20.3 Å². The van der Waals surface area contributed by atoms with Gasteiger partial charge in [-0.2, -0.15) is 0 Å². The van der Waals surface area contributed by atoms with Crippen LogP contribution < -0.4 is 20.5 Å². The van der Waals surface area contributed by atoms with Crippen molar-refractivity contribution in [1.29, 1.82) is 0 Å². The van der Waals surface area contributed by atoms with Crippen LogP contribution in [0.3, 0.4) is 0 Å². The molecule has 3 amide bonds. The maximum absolute atomic E-state index is 12.2. The highest BCUT2D eigenvalue weighted by Crippen LogP contribution is 2.31. The van der Waals surface area contributed by atoms with Crippen LogP contribution in [-0.4, -0.2) is 30.9 Å². The van der Waals surface area contributed by atoms with E-state index in [0.717, 1.165) is 11.1 Å². The minimum atomic E-state index is -0.384. The molecular formula is C20H21N3O4. The number of benzene rings is 2. The fourth-order valence-corrected chi connectivity index (χ4v) is 2.94. The van der Waals surface area contributed by atoms with E-state index in [1.165, 1.54) is 4.90 Å². The Hall–Kier alpha value is -3.35. The number of hydrazine groups is 1. The van der Waals surface area contributed by atoms with Gasteiger partial charge in [-0.25, -0.2) is 0 Å². The van der Waals surface area contributed by atoms with Gasteiger partial charge >= 0.3 is 0 Å². The smallest absolute Gasteiger partial charge is 0.269 e. The second-order valence-electron chi connectivity index (χ2n) is 6.37. The molecule has 7 nitrogen and oxygen atoms in total. The third kappa shape index (κ3) is 4.25. The Kier molecular flexibility index (Phi) is 5.40. The van der Waals surface area contributed by atoms with Gasteiger partial charge < -0.3 is 9.64 Å². The number of carbonyl (C=O) groups is 3. The summed E-state index contributed by atoms with van der Waals surface area (Å²) in [5.74, 6) is -0.361. The van der Waals surface area contributed by atoms with Crippen LogP contribution in [0.25, 0.3) is 0 Å². The van der Waals surface area contributed by atoms with E-state index in [-0.39, 0.29) is 37.3 Å². The van der Waals surface area contributed by atoms with Crippen molar-refractivity contribution in [2.75, 3.05) is 18.1 Å². The Bertz CT molecular complexity index is 895. The fourth-order valence-electron chi connectivity index (χ4n) is 2.94. The summed E-state index contributed by atoms with van der Waals surface area (Å²) >= 11 is 0. The molecule has 7 heteroatoms. The lowest BCUT2D eigenvalue weighted by Crippen LogP contribution is -2.45. The molecule has 0 fully saturated rings. The van der Waals surface area contributed by atoms with Crippen molar-refractivity contribution in [2.24, 2.45) is 0 Å². The first-order chi connectivity index (χ1) is 13.0. The number of amides is 3. The summed E-state index contributed by atoms with van der Waals surface area (Å²) in [6.45, 7) is 3.93. The highest BCUT2D eigenvalue weighted by Gasteiger charge is 2.25. The summed E-state index contributed by atoms with van der Waals surface area (Å²) in [5.41, 5.74) is 7.83. The molecule has 0 unspecified atom stereocenters. The topological polar surface area (TPSA) is 87.7 Å². The van der Waals surface area contributed by atoms with Gasteiger partial charge in [0, 0.05) is 18.5 Å². The Balaban J connectivity index is 1.54. The van der Waals surface area contributed by atoms with E-state index < -0.39 is 0 Å². The number of nitrogens with zero attached hydrogens (tertiary/aromatic N) is 1. The van der Waals surface area contributed by atoms with Crippen LogP contribution >= 0.6 is 0 Å². The maximum atomic E-state index is 12.2. The summed E-state index contributed by atoms with van der Waals surface area (Å²) in [5, 5.41) is 0. The molecule has 0 aromatic heterocycles. The first-order valence-electron chi connectivity index (χ1n) is 8.64. The summed E-state index contributed by atoms with van der Waals surface area (Å²) in [4.78, 5) is 37.9. The Morgan fingerprint density at radius 2 is 1.89 bits per heavy atom. The molecule has 1 aliphatic rings. The van der Waals surface area contributed by atoms with Crippen LogP contribution in [-0.2, 0) is 9.59 Å². The van der Waals surface area contributed by atoms with E-state index in [2.05, 4.69) is 10.9 Å². The Labute approximate surface area is 157 Å². The number of nitrogens with one attached hydrogen (secondary N) is 2. The predicted octanol–water partition coefficient (Wildman–Crippen LogP) is 1.88. The molecule has 0 saturated carbocycles. The van der Waals surface area contributed by atoms with Crippen LogP contribution in [0.5, 0.6) is 5.75 Å². The largest absolute Gasteiger partial charge is 0.482 e. The van der Waals surface area contributed by atoms with Gasteiger partial charge in [-0.1, -0.05) is 29.8 Å². The summed E-state index contributed by atoms with van der Waals surface area (Å²) in [7, 11) is 0. The third-order valence-corrected chi connectivity index (χ3v) is 4.31. The molecule has 3 rings (SSSR count). The van der Waals surface area contributed by atoms with Gasteiger partial charge in [0.25, 0.3) is 11.8 Å². The molecule has 0 spiro atoms. The zero-order valence-electron chi connectivity index (χ0n) is 15.2. The molecular weight excluding hydrogens is 346 g/mol. The molecule has 27 heavy (non-hydrogen) atoms. The molecule has 2 aromatic carbocycles. The van der Waals surface area contributed by atoms with Gasteiger partial charge in [0.1, 0.15) is 5.75 Å². The number of carbonyl (C=O) groups excluding carboxylic acids is 3. The van der Waals surface area contributed by atoms with E-state index in [1.807, 2.05) is 32.0 Å². The van der Waals surface area contributed by atoms with Crippen LogP contribution in [0, 0.1) is 13.8 Å². The number of hydrogen-bond acceptors (Lipinski definition) is 4. The van der Waals surface area contributed by atoms with Crippen LogP contribution in [0.4, 0.5) is 5.69 Å². The number of hydrogen-bond donors (Lipinski definition) is 2. The van der Waals surface area contributed by atoms with Crippen molar-refractivity contribution in [3.8, 4) is 5.75 Å². The van der Waals surface area contributed by atoms with Gasteiger partial charge in [-0.3, -0.25) is 25.2 Å². The number of rotatable bonds is 4. The lowest BCUT2D eigenvalue weighted by molar-refractivity contribution is -0.122. The molecule has 140 valence electrons. The first-order valence-corrected chi connectivity index (χ1v) is 8.64. The standard InChI is InChI=1S/C20H21N3O4/c1-13-7-8-15(14(2)11-13)20(26)22-21-18(24)9-10-23-16-5-3-4-6-17(16)27-12-19(23)25/h3-8,11H,9-10,12H2,1-2H3,(H,21,24)(H,22,26). The van der Waals surface area contributed by atoms with Crippen LogP contribution in [0.1, 0.15) is 27.9 Å². The second kappa shape index (κ2) is 7.90. The van der Waals surface area contributed by atoms with Crippen molar-refractivity contribution in [3.63, 3.8) is 0 Å². The lowest BCUT2D eigenvalue weighted by atomic mass is 10.1. The van der Waals surface area contributed by atoms with Gasteiger partial charge in [0.05, 0.1) is 5.69 Å². The monoisotopic (exact) mass is 367 g/mol.